The van der Waals surface area contributed by atoms with Gasteiger partial charge in [0.1, 0.15) is 5.82 Å². The number of likely N-dealkylation sites (tertiary alicyclic amines) is 1. The maximum Gasteiger partial charge on any atom is 0.270 e. The predicted molar refractivity (Wildman–Crippen MR) is 73.6 cm³/mol. The largest absolute Gasteiger partial charge is 0.384 e. The summed E-state index contributed by atoms with van der Waals surface area (Å²) in [5.74, 6) is -0.828. The molecule has 7 heteroatoms. The summed E-state index contributed by atoms with van der Waals surface area (Å²) >= 11 is 0. The van der Waals surface area contributed by atoms with Crippen molar-refractivity contribution in [3.05, 3.63) is 39.7 Å². The Morgan fingerprint density at radius 3 is 2.71 bits per heavy atom. The summed E-state index contributed by atoms with van der Waals surface area (Å²) in [5.41, 5.74) is -0.525. The molecule has 1 amide bonds. The fraction of sp³-hybridized carbons (Fsp3) is 0.500. The van der Waals surface area contributed by atoms with E-state index >= 15 is 0 Å². The van der Waals surface area contributed by atoms with E-state index in [4.69, 9.17) is 4.74 Å². The molecule has 0 aliphatic carbocycles. The van der Waals surface area contributed by atoms with Gasteiger partial charge in [-0.2, -0.15) is 0 Å². The minimum atomic E-state index is -0.732. The van der Waals surface area contributed by atoms with Crippen LogP contribution in [0, 0.1) is 21.8 Å². The number of hydrogen-bond acceptors (Lipinski definition) is 4. The number of rotatable bonds is 4. The number of nitro benzene ring substituents is 1. The average Bonchev–Trinajstić information content (AvgIpc) is 2.48. The Labute approximate surface area is 121 Å². The molecule has 1 fully saturated rings. The Kier molecular flexibility index (Phi) is 4.85. The molecule has 1 saturated heterocycles. The van der Waals surface area contributed by atoms with Crippen LogP contribution in [0.3, 0.4) is 0 Å². The summed E-state index contributed by atoms with van der Waals surface area (Å²) in [4.78, 5) is 23.9. The van der Waals surface area contributed by atoms with Crippen LogP contribution >= 0.6 is 0 Å². The van der Waals surface area contributed by atoms with Gasteiger partial charge < -0.3 is 9.64 Å². The Balaban J connectivity index is 2.10. The van der Waals surface area contributed by atoms with Crippen LogP contribution in [0.25, 0.3) is 0 Å². The van der Waals surface area contributed by atoms with Crippen LogP contribution in [0.1, 0.15) is 23.2 Å². The lowest BCUT2D eigenvalue weighted by atomic mass is 9.97. The van der Waals surface area contributed by atoms with Gasteiger partial charge in [-0.15, -0.1) is 0 Å². The molecule has 1 aromatic rings. The van der Waals surface area contributed by atoms with Gasteiger partial charge in [0.05, 0.1) is 10.5 Å². The molecular weight excluding hydrogens is 279 g/mol. The summed E-state index contributed by atoms with van der Waals surface area (Å²) in [6.45, 7) is 1.66. The first-order valence-electron chi connectivity index (χ1n) is 6.75. The van der Waals surface area contributed by atoms with Crippen LogP contribution < -0.4 is 0 Å². The highest BCUT2D eigenvalue weighted by Crippen LogP contribution is 2.22. The number of nitrogens with zero attached hydrogens (tertiary/aromatic N) is 2. The number of methoxy groups -OCH3 is 1. The van der Waals surface area contributed by atoms with E-state index in [0.717, 1.165) is 31.0 Å². The van der Waals surface area contributed by atoms with Gasteiger partial charge in [-0.05, 0) is 24.8 Å². The molecule has 0 unspecified atom stereocenters. The third-order valence-corrected chi connectivity index (χ3v) is 3.70. The van der Waals surface area contributed by atoms with Crippen molar-refractivity contribution in [1.82, 2.24) is 4.90 Å². The standard InChI is InChI=1S/C14H17FN2O4/c1-21-9-10-4-6-16(7-5-10)14(18)12-8-11(17(19)20)2-3-13(12)15/h2-3,8,10H,4-7,9H2,1H3. The van der Waals surface area contributed by atoms with Crippen molar-refractivity contribution in [3.8, 4) is 0 Å². The zero-order valence-electron chi connectivity index (χ0n) is 11.8. The van der Waals surface area contributed by atoms with Gasteiger partial charge in [0.25, 0.3) is 11.6 Å². The molecule has 1 heterocycles. The predicted octanol–water partition coefficient (Wildman–Crippen LogP) is 2.23. The number of non-ortho nitro benzene ring substituents is 1. The quantitative estimate of drug-likeness (QED) is 0.631. The molecular formula is C14H17FN2O4. The molecule has 21 heavy (non-hydrogen) atoms. The maximum absolute atomic E-state index is 13.7. The summed E-state index contributed by atoms with van der Waals surface area (Å²) in [6.07, 6.45) is 1.58. The minimum Gasteiger partial charge on any atom is -0.384 e. The molecule has 0 radical (unpaired) electrons. The van der Waals surface area contributed by atoms with Crippen molar-refractivity contribution >= 4 is 11.6 Å². The second kappa shape index (κ2) is 6.62. The Bertz CT molecular complexity index is 542. The molecule has 0 atom stereocenters. The lowest BCUT2D eigenvalue weighted by Gasteiger charge is -2.31. The zero-order valence-corrected chi connectivity index (χ0v) is 11.8. The fourth-order valence-corrected chi connectivity index (χ4v) is 2.50. The normalized spacial score (nSPS) is 16.0. The van der Waals surface area contributed by atoms with Crippen LogP contribution in [0.15, 0.2) is 18.2 Å². The number of amides is 1. The highest BCUT2D eigenvalue weighted by molar-refractivity contribution is 5.95. The Morgan fingerprint density at radius 2 is 2.14 bits per heavy atom. The molecule has 0 N–H and O–H groups in total. The van der Waals surface area contributed by atoms with Gasteiger partial charge in [-0.1, -0.05) is 0 Å². The number of ether oxygens (including phenoxy) is 1. The molecule has 0 saturated carbocycles. The van der Waals surface area contributed by atoms with E-state index in [0.29, 0.717) is 25.6 Å². The number of carbonyl (C=O) groups is 1. The van der Waals surface area contributed by atoms with E-state index in [1.165, 1.54) is 4.90 Å². The molecule has 1 aromatic carbocycles. The Hall–Kier alpha value is -2.02. The topological polar surface area (TPSA) is 72.7 Å². The third kappa shape index (κ3) is 3.55. The Morgan fingerprint density at radius 1 is 1.48 bits per heavy atom. The van der Waals surface area contributed by atoms with Gasteiger partial charge >= 0.3 is 0 Å². The van der Waals surface area contributed by atoms with Crippen LogP contribution in [-0.2, 0) is 4.74 Å². The van der Waals surface area contributed by atoms with E-state index in [1.807, 2.05) is 0 Å². The van der Waals surface area contributed by atoms with Crippen molar-refractivity contribution in [1.29, 1.82) is 0 Å². The molecule has 114 valence electrons. The number of benzene rings is 1. The van der Waals surface area contributed by atoms with Gasteiger partial charge in [-0.3, -0.25) is 14.9 Å². The number of halogens is 1. The maximum atomic E-state index is 13.7. The second-order valence-corrected chi connectivity index (χ2v) is 5.11. The number of carbonyl (C=O) groups excluding carboxylic acids is 1. The fourth-order valence-electron chi connectivity index (χ4n) is 2.50. The van der Waals surface area contributed by atoms with Crippen LogP contribution in [-0.4, -0.2) is 42.5 Å². The summed E-state index contributed by atoms with van der Waals surface area (Å²) in [7, 11) is 1.63. The van der Waals surface area contributed by atoms with E-state index in [9.17, 15) is 19.3 Å². The third-order valence-electron chi connectivity index (χ3n) is 3.70. The second-order valence-electron chi connectivity index (χ2n) is 5.11. The zero-order chi connectivity index (χ0) is 15.4. The van der Waals surface area contributed by atoms with Crippen LogP contribution in [0.5, 0.6) is 0 Å². The molecule has 1 aliphatic rings. The van der Waals surface area contributed by atoms with E-state index in [-0.39, 0.29) is 11.3 Å². The van der Waals surface area contributed by atoms with Gasteiger partial charge in [-0.25, -0.2) is 4.39 Å². The van der Waals surface area contributed by atoms with Gasteiger partial charge in [0.2, 0.25) is 0 Å². The van der Waals surface area contributed by atoms with Crippen LogP contribution in [0.2, 0.25) is 0 Å². The van der Waals surface area contributed by atoms with E-state index < -0.39 is 16.6 Å². The number of hydrogen-bond donors (Lipinski definition) is 0. The molecule has 0 spiro atoms. The van der Waals surface area contributed by atoms with Gasteiger partial charge in [0.15, 0.2) is 0 Å². The average molecular weight is 296 g/mol. The van der Waals surface area contributed by atoms with Crippen molar-refractivity contribution in [2.75, 3.05) is 26.8 Å². The molecule has 1 aliphatic heterocycles. The number of nitro groups is 1. The minimum absolute atomic E-state index is 0.241. The van der Waals surface area contributed by atoms with Crippen molar-refractivity contribution in [2.24, 2.45) is 5.92 Å². The summed E-state index contributed by atoms with van der Waals surface area (Å²) in [6, 6.07) is 3.01. The summed E-state index contributed by atoms with van der Waals surface area (Å²) < 4.78 is 18.8. The van der Waals surface area contributed by atoms with Crippen molar-refractivity contribution in [2.45, 2.75) is 12.8 Å². The first-order valence-corrected chi connectivity index (χ1v) is 6.75. The smallest absolute Gasteiger partial charge is 0.270 e. The van der Waals surface area contributed by atoms with Crippen molar-refractivity contribution in [3.63, 3.8) is 0 Å². The molecule has 0 bridgehead atoms. The molecule has 0 aromatic heterocycles. The lowest BCUT2D eigenvalue weighted by molar-refractivity contribution is -0.384. The SMILES string of the molecule is COCC1CCN(C(=O)c2cc([N+](=O)[O-])ccc2F)CC1. The molecule has 2 rings (SSSR count). The first kappa shape index (κ1) is 15.4. The van der Waals surface area contributed by atoms with Crippen molar-refractivity contribution < 1.29 is 18.8 Å². The van der Waals surface area contributed by atoms with E-state index in [2.05, 4.69) is 0 Å². The first-order chi connectivity index (χ1) is 10.0. The highest BCUT2D eigenvalue weighted by Gasteiger charge is 2.26. The van der Waals surface area contributed by atoms with E-state index in [1.54, 1.807) is 7.11 Å². The number of piperidine rings is 1. The molecule has 6 nitrogen and oxygen atoms in total. The highest BCUT2D eigenvalue weighted by atomic mass is 19.1. The monoisotopic (exact) mass is 296 g/mol. The summed E-state index contributed by atoms with van der Waals surface area (Å²) in [5, 5.41) is 10.7. The van der Waals surface area contributed by atoms with Crippen LogP contribution in [0.4, 0.5) is 10.1 Å². The van der Waals surface area contributed by atoms with Gasteiger partial charge in [0, 0.05) is 38.9 Å². The lowest BCUT2D eigenvalue weighted by Crippen LogP contribution is -2.39.